The molecule has 2 saturated heterocycles. The molecule has 1 N–H and O–H groups in total. The molecule has 0 aliphatic carbocycles. The Balaban J connectivity index is 1.45. The van der Waals surface area contributed by atoms with E-state index >= 15 is 0 Å². The molecule has 39 heavy (non-hydrogen) atoms. The Labute approximate surface area is 234 Å². The molecule has 1 aromatic heterocycles. The number of anilines is 1. The molecule has 204 valence electrons. The van der Waals surface area contributed by atoms with E-state index in [2.05, 4.69) is 41.4 Å². The molecule has 0 bridgehead atoms. The summed E-state index contributed by atoms with van der Waals surface area (Å²) in [6.45, 7) is 3.85. The van der Waals surface area contributed by atoms with E-state index in [1.807, 2.05) is 24.3 Å². The lowest BCUT2D eigenvalue weighted by Gasteiger charge is -2.32. The Morgan fingerprint density at radius 2 is 1.90 bits per heavy atom. The Bertz CT molecular complexity index is 1330. The summed E-state index contributed by atoms with van der Waals surface area (Å²) >= 11 is 6.13. The molecule has 2 aromatic carbocycles. The molecule has 2 aliphatic heterocycles. The zero-order valence-corrected chi connectivity index (χ0v) is 23.2. The lowest BCUT2D eigenvalue weighted by molar-refractivity contribution is -0.136. The van der Waals surface area contributed by atoms with E-state index in [0.29, 0.717) is 36.1 Å². The number of nitrogens with zero attached hydrogens (tertiary/aromatic N) is 4. The number of carbonyl (C=O) groups is 2. The first-order valence-electron chi connectivity index (χ1n) is 13.5. The SMILES string of the molecule is CNC(=O)[C@@H]1CN(C(=O)c2cnc(N3CCC[C@@H]3c3ccc(Cl)cc3)nc2CCc2ccccc2C)CCO1. The van der Waals surface area contributed by atoms with Crippen LogP contribution in [0.2, 0.25) is 5.02 Å². The summed E-state index contributed by atoms with van der Waals surface area (Å²) in [4.78, 5) is 39.5. The van der Waals surface area contributed by atoms with Gasteiger partial charge < -0.3 is 19.9 Å². The van der Waals surface area contributed by atoms with Crippen LogP contribution in [0.1, 0.15) is 51.6 Å². The van der Waals surface area contributed by atoms with Crippen LogP contribution in [0.15, 0.2) is 54.7 Å². The molecule has 2 amide bonds. The third-order valence-corrected chi connectivity index (χ3v) is 7.89. The van der Waals surface area contributed by atoms with Gasteiger partial charge in [0.2, 0.25) is 5.95 Å². The van der Waals surface area contributed by atoms with Crippen LogP contribution in [-0.2, 0) is 22.4 Å². The van der Waals surface area contributed by atoms with E-state index in [-0.39, 0.29) is 24.4 Å². The maximum Gasteiger partial charge on any atom is 0.257 e. The molecule has 0 saturated carbocycles. The molecule has 0 unspecified atom stereocenters. The number of likely N-dealkylation sites (N-methyl/N-ethyl adjacent to an activating group) is 1. The van der Waals surface area contributed by atoms with Gasteiger partial charge in [-0.3, -0.25) is 9.59 Å². The lowest BCUT2D eigenvalue weighted by atomic mass is 10.0. The molecule has 8 nitrogen and oxygen atoms in total. The van der Waals surface area contributed by atoms with E-state index in [4.69, 9.17) is 26.3 Å². The van der Waals surface area contributed by atoms with Crippen molar-refractivity contribution < 1.29 is 14.3 Å². The van der Waals surface area contributed by atoms with Crippen molar-refractivity contribution in [2.45, 2.75) is 44.8 Å². The van der Waals surface area contributed by atoms with E-state index < -0.39 is 6.10 Å². The van der Waals surface area contributed by atoms with Gasteiger partial charge >= 0.3 is 0 Å². The summed E-state index contributed by atoms with van der Waals surface area (Å²) in [6, 6.07) is 16.4. The van der Waals surface area contributed by atoms with Crippen LogP contribution in [0.3, 0.4) is 0 Å². The van der Waals surface area contributed by atoms with Crippen LogP contribution in [-0.4, -0.2) is 66.1 Å². The van der Waals surface area contributed by atoms with Gasteiger partial charge in [-0.25, -0.2) is 9.97 Å². The number of halogens is 1. The van der Waals surface area contributed by atoms with Gasteiger partial charge in [0.25, 0.3) is 11.8 Å². The largest absolute Gasteiger partial charge is 0.365 e. The predicted molar refractivity (Wildman–Crippen MR) is 151 cm³/mol. The zero-order chi connectivity index (χ0) is 27.4. The second-order valence-electron chi connectivity index (χ2n) is 10.1. The number of ether oxygens (including phenoxy) is 1. The number of carbonyl (C=O) groups excluding carboxylic acids is 2. The van der Waals surface area contributed by atoms with E-state index in [9.17, 15) is 9.59 Å². The minimum Gasteiger partial charge on any atom is -0.365 e. The van der Waals surface area contributed by atoms with Crippen molar-refractivity contribution in [2.24, 2.45) is 0 Å². The van der Waals surface area contributed by atoms with Gasteiger partial charge in [0, 0.05) is 31.4 Å². The van der Waals surface area contributed by atoms with Gasteiger partial charge in [-0.1, -0.05) is 48.0 Å². The number of hydrogen-bond donors (Lipinski definition) is 1. The first-order valence-corrected chi connectivity index (χ1v) is 13.9. The lowest BCUT2D eigenvalue weighted by Crippen LogP contribution is -2.51. The van der Waals surface area contributed by atoms with Crippen LogP contribution in [0.25, 0.3) is 0 Å². The molecule has 9 heteroatoms. The van der Waals surface area contributed by atoms with Gasteiger partial charge in [0.1, 0.15) is 0 Å². The smallest absolute Gasteiger partial charge is 0.257 e. The summed E-state index contributed by atoms with van der Waals surface area (Å²) in [7, 11) is 1.57. The van der Waals surface area contributed by atoms with Crippen LogP contribution in [0.5, 0.6) is 0 Å². The van der Waals surface area contributed by atoms with Gasteiger partial charge in [-0.15, -0.1) is 0 Å². The van der Waals surface area contributed by atoms with E-state index in [1.165, 1.54) is 16.7 Å². The van der Waals surface area contributed by atoms with Crippen molar-refractivity contribution >= 4 is 29.4 Å². The number of hydrogen-bond acceptors (Lipinski definition) is 6. The fourth-order valence-corrected chi connectivity index (χ4v) is 5.55. The highest BCUT2D eigenvalue weighted by molar-refractivity contribution is 6.30. The van der Waals surface area contributed by atoms with Crippen LogP contribution < -0.4 is 10.2 Å². The van der Waals surface area contributed by atoms with Gasteiger partial charge in [-0.05, 0) is 61.4 Å². The fourth-order valence-electron chi connectivity index (χ4n) is 5.42. The molecule has 2 aliphatic rings. The normalized spacial score (nSPS) is 19.3. The van der Waals surface area contributed by atoms with E-state index in [1.54, 1.807) is 18.1 Å². The highest BCUT2D eigenvalue weighted by Gasteiger charge is 2.32. The summed E-state index contributed by atoms with van der Waals surface area (Å²) in [5.41, 5.74) is 4.81. The molecular weight excluding hydrogens is 514 g/mol. The molecule has 0 spiro atoms. The fraction of sp³-hybridized carbons (Fsp3) is 0.400. The molecule has 3 heterocycles. The van der Waals surface area contributed by atoms with Crippen molar-refractivity contribution in [1.29, 1.82) is 0 Å². The number of aromatic nitrogens is 2. The Morgan fingerprint density at radius 1 is 1.10 bits per heavy atom. The van der Waals surface area contributed by atoms with Gasteiger partial charge in [0.15, 0.2) is 6.10 Å². The summed E-state index contributed by atoms with van der Waals surface area (Å²) < 4.78 is 5.59. The monoisotopic (exact) mass is 547 g/mol. The summed E-state index contributed by atoms with van der Waals surface area (Å²) in [6.07, 6.45) is 4.37. The third kappa shape index (κ3) is 6.07. The minimum atomic E-state index is -0.687. The number of amides is 2. The number of morpholine rings is 1. The Kier molecular flexibility index (Phi) is 8.43. The quantitative estimate of drug-likeness (QED) is 0.478. The van der Waals surface area contributed by atoms with Crippen molar-refractivity contribution in [2.75, 3.05) is 38.2 Å². The van der Waals surface area contributed by atoms with Crippen molar-refractivity contribution in [3.05, 3.63) is 87.7 Å². The number of aryl methyl sites for hydroxylation is 3. The first-order chi connectivity index (χ1) is 18.9. The highest BCUT2D eigenvalue weighted by atomic mass is 35.5. The molecule has 2 atom stereocenters. The van der Waals surface area contributed by atoms with Crippen LogP contribution in [0, 0.1) is 6.92 Å². The highest BCUT2D eigenvalue weighted by Crippen LogP contribution is 2.35. The zero-order valence-electron chi connectivity index (χ0n) is 22.4. The number of rotatable bonds is 7. The van der Waals surface area contributed by atoms with Crippen LogP contribution in [0.4, 0.5) is 5.95 Å². The first kappa shape index (κ1) is 27.1. The molecule has 3 aromatic rings. The Hall–Kier alpha value is -3.49. The van der Waals surface area contributed by atoms with Gasteiger partial charge in [0.05, 0.1) is 30.5 Å². The van der Waals surface area contributed by atoms with Crippen molar-refractivity contribution in [3.8, 4) is 0 Å². The average molecular weight is 548 g/mol. The third-order valence-electron chi connectivity index (χ3n) is 7.63. The minimum absolute atomic E-state index is 0.153. The standard InChI is InChI=1S/C30H34ClN5O3/c1-20-6-3-4-7-21(20)11-14-25-24(29(38)35-16-17-39-27(19-35)28(37)32-2)18-33-30(34-25)36-15-5-8-26(36)22-9-12-23(31)13-10-22/h3-4,6-7,9-10,12-13,18,26-27H,5,8,11,14-17,19H2,1-2H3,(H,32,37)/t26-,27+/m1/s1. The van der Waals surface area contributed by atoms with E-state index in [0.717, 1.165) is 31.5 Å². The topological polar surface area (TPSA) is 87.7 Å². The number of nitrogens with one attached hydrogen (secondary N) is 1. The molecular formula is C30H34ClN5O3. The van der Waals surface area contributed by atoms with Crippen molar-refractivity contribution in [3.63, 3.8) is 0 Å². The second kappa shape index (κ2) is 12.1. The number of benzene rings is 2. The van der Waals surface area contributed by atoms with Crippen LogP contribution >= 0.6 is 11.6 Å². The maximum absolute atomic E-state index is 13.7. The summed E-state index contributed by atoms with van der Waals surface area (Å²) in [5, 5.41) is 3.32. The van der Waals surface area contributed by atoms with Crippen molar-refractivity contribution in [1.82, 2.24) is 20.2 Å². The molecule has 2 fully saturated rings. The maximum atomic E-state index is 13.7. The second-order valence-corrected chi connectivity index (χ2v) is 10.5. The predicted octanol–water partition coefficient (Wildman–Crippen LogP) is 4.15. The molecule has 5 rings (SSSR count). The average Bonchev–Trinajstić information content (AvgIpc) is 3.46. The van der Waals surface area contributed by atoms with Gasteiger partial charge in [-0.2, -0.15) is 0 Å². The summed E-state index contributed by atoms with van der Waals surface area (Å²) in [5.74, 6) is 0.226. The Morgan fingerprint density at radius 3 is 2.67 bits per heavy atom. The molecule has 0 radical (unpaired) electrons.